The standard InChI is InChI=1S/C11H6BrClF2S/c12-10(11-8(13)3-4-16-11)7-2-1-6(14)5-9(7)15/h1-5,10H. The molecule has 0 radical (unpaired) electrons. The minimum atomic E-state index is -0.585. The summed E-state index contributed by atoms with van der Waals surface area (Å²) in [5.74, 6) is -1.16. The Morgan fingerprint density at radius 1 is 1.25 bits per heavy atom. The summed E-state index contributed by atoms with van der Waals surface area (Å²) in [7, 11) is 0. The van der Waals surface area contributed by atoms with E-state index in [1.165, 1.54) is 23.5 Å². The van der Waals surface area contributed by atoms with Crippen LogP contribution in [0.25, 0.3) is 0 Å². The molecule has 1 aromatic heterocycles. The van der Waals surface area contributed by atoms with Crippen molar-refractivity contribution in [2.24, 2.45) is 0 Å². The molecule has 0 N–H and O–H groups in total. The monoisotopic (exact) mass is 322 g/mol. The van der Waals surface area contributed by atoms with Gasteiger partial charge in [0.15, 0.2) is 0 Å². The van der Waals surface area contributed by atoms with E-state index in [4.69, 9.17) is 11.6 Å². The largest absolute Gasteiger partial charge is 0.207 e. The molecule has 1 heterocycles. The van der Waals surface area contributed by atoms with E-state index in [-0.39, 0.29) is 4.83 Å². The zero-order valence-electron chi connectivity index (χ0n) is 7.88. The van der Waals surface area contributed by atoms with Crippen molar-refractivity contribution in [1.82, 2.24) is 0 Å². The molecule has 16 heavy (non-hydrogen) atoms. The first kappa shape index (κ1) is 12.0. The van der Waals surface area contributed by atoms with Crippen molar-refractivity contribution < 1.29 is 8.78 Å². The third kappa shape index (κ3) is 2.29. The summed E-state index contributed by atoms with van der Waals surface area (Å²) >= 11 is 10.7. The number of halogens is 4. The van der Waals surface area contributed by atoms with Crippen LogP contribution in [0.5, 0.6) is 0 Å². The topological polar surface area (TPSA) is 0 Å². The van der Waals surface area contributed by atoms with Crippen LogP contribution >= 0.6 is 38.9 Å². The normalized spacial score (nSPS) is 12.8. The Morgan fingerprint density at radius 3 is 2.56 bits per heavy atom. The van der Waals surface area contributed by atoms with Gasteiger partial charge in [-0.15, -0.1) is 11.3 Å². The first-order valence-electron chi connectivity index (χ1n) is 4.41. The summed E-state index contributed by atoms with van der Waals surface area (Å²) in [5, 5.41) is 2.41. The van der Waals surface area contributed by atoms with Crippen molar-refractivity contribution in [2.75, 3.05) is 0 Å². The fourth-order valence-electron chi connectivity index (χ4n) is 1.33. The van der Waals surface area contributed by atoms with Gasteiger partial charge in [0.2, 0.25) is 0 Å². The number of alkyl halides is 1. The predicted molar refractivity (Wildman–Crippen MR) is 66.5 cm³/mol. The lowest BCUT2D eigenvalue weighted by Crippen LogP contribution is -1.95. The van der Waals surface area contributed by atoms with Crippen LogP contribution in [0.1, 0.15) is 15.3 Å². The Hall–Kier alpha value is -0.450. The van der Waals surface area contributed by atoms with Crippen LogP contribution in [0.15, 0.2) is 29.6 Å². The maximum Gasteiger partial charge on any atom is 0.130 e. The maximum atomic E-state index is 13.5. The van der Waals surface area contributed by atoms with Crippen LogP contribution in [-0.2, 0) is 0 Å². The minimum absolute atomic E-state index is 0.347. The van der Waals surface area contributed by atoms with Crippen molar-refractivity contribution in [2.45, 2.75) is 4.83 Å². The summed E-state index contributed by atoms with van der Waals surface area (Å²) in [5.41, 5.74) is 0.380. The molecule has 0 aliphatic carbocycles. The molecular weight excluding hydrogens is 318 g/mol. The molecule has 2 rings (SSSR count). The molecule has 0 amide bonds. The molecule has 84 valence electrons. The Bertz CT molecular complexity index is 512. The summed E-state index contributed by atoms with van der Waals surface area (Å²) in [6.45, 7) is 0. The molecule has 5 heteroatoms. The Labute approximate surface area is 109 Å². The van der Waals surface area contributed by atoms with Crippen LogP contribution in [0.2, 0.25) is 5.02 Å². The van der Waals surface area contributed by atoms with Gasteiger partial charge in [0.05, 0.1) is 9.85 Å². The van der Waals surface area contributed by atoms with Gasteiger partial charge >= 0.3 is 0 Å². The number of hydrogen-bond donors (Lipinski definition) is 0. The van der Waals surface area contributed by atoms with Crippen LogP contribution in [0.4, 0.5) is 8.78 Å². The summed E-state index contributed by atoms with van der Waals surface area (Å²) in [4.78, 5) is 0.466. The predicted octanol–water partition coefficient (Wildman–Crippen LogP) is 5.16. The van der Waals surface area contributed by atoms with E-state index in [0.717, 1.165) is 10.9 Å². The second kappa shape index (κ2) is 4.82. The number of hydrogen-bond acceptors (Lipinski definition) is 1. The third-order valence-corrected chi connectivity index (χ3v) is 4.79. The van der Waals surface area contributed by atoms with Crippen molar-refractivity contribution in [1.29, 1.82) is 0 Å². The van der Waals surface area contributed by atoms with Gasteiger partial charge in [0, 0.05) is 16.5 Å². The summed E-state index contributed by atoms with van der Waals surface area (Å²) < 4.78 is 26.3. The van der Waals surface area contributed by atoms with E-state index in [0.29, 0.717) is 10.6 Å². The molecule has 0 saturated heterocycles. The Balaban J connectivity index is 2.41. The van der Waals surface area contributed by atoms with E-state index in [9.17, 15) is 8.78 Å². The second-order valence-electron chi connectivity index (χ2n) is 3.16. The average Bonchev–Trinajstić information content (AvgIpc) is 2.63. The van der Waals surface area contributed by atoms with Gasteiger partial charge in [0.25, 0.3) is 0 Å². The average molecular weight is 324 g/mol. The fourth-order valence-corrected chi connectivity index (χ4v) is 3.57. The third-order valence-electron chi connectivity index (χ3n) is 2.11. The summed E-state index contributed by atoms with van der Waals surface area (Å²) in [6, 6.07) is 5.26. The van der Waals surface area contributed by atoms with Crippen molar-refractivity contribution in [3.8, 4) is 0 Å². The lowest BCUT2D eigenvalue weighted by Gasteiger charge is -2.10. The first-order chi connectivity index (χ1) is 7.59. The first-order valence-corrected chi connectivity index (χ1v) is 6.59. The highest BCUT2D eigenvalue weighted by Gasteiger charge is 2.18. The van der Waals surface area contributed by atoms with Gasteiger partial charge in [-0.25, -0.2) is 8.78 Å². The molecule has 1 atom stereocenters. The van der Waals surface area contributed by atoms with E-state index in [1.807, 2.05) is 5.38 Å². The number of thiophene rings is 1. The fraction of sp³-hybridized carbons (Fsp3) is 0.0909. The van der Waals surface area contributed by atoms with Gasteiger partial charge in [0.1, 0.15) is 11.6 Å². The lowest BCUT2D eigenvalue weighted by molar-refractivity contribution is 0.574. The smallest absolute Gasteiger partial charge is 0.130 e. The molecule has 2 aromatic rings. The minimum Gasteiger partial charge on any atom is -0.207 e. The number of benzene rings is 1. The molecular formula is C11H6BrClF2S. The Kier molecular flexibility index (Phi) is 3.62. The molecule has 0 aliphatic heterocycles. The molecule has 1 unspecified atom stereocenters. The van der Waals surface area contributed by atoms with E-state index in [1.54, 1.807) is 6.07 Å². The highest BCUT2D eigenvalue weighted by molar-refractivity contribution is 9.09. The van der Waals surface area contributed by atoms with Gasteiger partial charge < -0.3 is 0 Å². The molecule has 1 aromatic carbocycles. The van der Waals surface area contributed by atoms with Gasteiger partial charge in [-0.1, -0.05) is 33.6 Å². The number of rotatable bonds is 2. The SMILES string of the molecule is Fc1ccc(C(Br)c2sccc2Cl)c(F)c1. The maximum absolute atomic E-state index is 13.5. The van der Waals surface area contributed by atoms with Crippen LogP contribution in [0.3, 0.4) is 0 Å². The molecule has 0 bridgehead atoms. The van der Waals surface area contributed by atoms with Gasteiger partial charge in [-0.3, -0.25) is 0 Å². The molecule has 0 spiro atoms. The van der Waals surface area contributed by atoms with Crippen LogP contribution < -0.4 is 0 Å². The Morgan fingerprint density at radius 2 is 2.00 bits per heavy atom. The van der Waals surface area contributed by atoms with Crippen LogP contribution in [-0.4, -0.2) is 0 Å². The van der Waals surface area contributed by atoms with E-state index >= 15 is 0 Å². The highest BCUT2D eigenvalue weighted by atomic mass is 79.9. The van der Waals surface area contributed by atoms with Gasteiger partial charge in [-0.2, -0.15) is 0 Å². The lowest BCUT2D eigenvalue weighted by atomic mass is 10.1. The van der Waals surface area contributed by atoms with E-state index < -0.39 is 11.6 Å². The van der Waals surface area contributed by atoms with Crippen molar-refractivity contribution in [3.05, 3.63) is 56.7 Å². The van der Waals surface area contributed by atoms with E-state index in [2.05, 4.69) is 15.9 Å². The highest BCUT2D eigenvalue weighted by Crippen LogP contribution is 2.39. The molecule has 0 aliphatic rings. The molecule has 0 nitrogen and oxygen atoms in total. The molecule has 0 fully saturated rings. The summed E-state index contributed by atoms with van der Waals surface area (Å²) in [6.07, 6.45) is 0. The van der Waals surface area contributed by atoms with Crippen molar-refractivity contribution >= 4 is 38.9 Å². The van der Waals surface area contributed by atoms with Crippen LogP contribution in [0, 0.1) is 11.6 Å². The molecule has 0 saturated carbocycles. The second-order valence-corrected chi connectivity index (χ2v) is 5.43. The zero-order valence-corrected chi connectivity index (χ0v) is 11.0. The zero-order chi connectivity index (χ0) is 11.7. The quantitative estimate of drug-likeness (QED) is 0.669. The van der Waals surface area contributed by atoms with Crippen molar-refractivity contribution in [3.63, 3.8) is 0 Å². The van der Waals surface area contributed by atoms with Gasteiger partial charge in [-0.05, 0) is 17.5 Å².